The Morgan fingerprint density at radius 2 is 1.76 bits per heavy atom. The minimum Gasteiger partial charge on any atom is -0.507 e. The first-order valence-electron chi connectivity index (χ1n) is 9.36. The summed E-state index contributed by atoms with van der Waals surface area (Å²) in [6, 6.07) is 9.97. The first kappa shape index (κ1) is 21.8. The van der Waals surface area contributed by atoms with Crippen molar-refractivity contribution in [1.82, 2.24) is 0 Å². The molecule has 0 bridgehead atoms. The number of furan rings is 1. The molecule has 8 nitrogen and oxygen atoms in total. The predicted molar refractivity (Wildman–Crippen MR) is 108 cm³/mol. The van der Waals surface area contributed by atoms with Crippen molar-refractivity contribution in [1.29, 1.82) is 0 Å². The van der Waals surface area contributed by atoms with Crippen molar-refractivity contribution in [2.24, 2.45) is 0 Å². The van der Waals surface area contributed by atoms with E-state index in [1.165, 1.54) is 36.6 Å². The van der Waals surface area contributed by atoms with Crippen LogP contribution in [0.2, 0.25) is 0 Å². The Balaban J connectivity index is 1.88. The Hall–Kier alpha value is -4.41. The molecule has 1 saturated heterocycles. The third-order valence-electron chi connectivity index (χ3n) is 5.06. The summed E-state index contributed by atoms with van der Waals surface area (Å²) in [6.45, 7) is 0. The minimum atomic E-state index is -4.60. The molecule has 1 aliphatic heterocycles. The van der Waals surface area contributed by atoms with E-state index in [0.29, 0.717) is 0 Å². The molecule has 2 heterocycles. The molecule has 11 heteroatoms. The lowest BCUT2D eigenvalue weighted by molar-refractivity contribution is -0.384. The zero-order chi connectivity index (χ0) is 23.9. The molecule has 1 aliphatic rings. The predicted octanol–water partition coefficient (Wildman–Crippen LogP) is 4.83. The maximum Gasteiger partial charge on any atom is 0.416 e. The van der Waals surface area contributed by atoms with E-state index in [-0.39, 0.29) is 22.7 Å². The van der Waals surface area contributed by atoms with Crippen LogP contribution in [-0.2, 0) is 15.8 Å². The zero-order valence-electron chi connectivity index (χ0n) is 16.4. The average molecular weight is 458 g/mol. The van der Waals surface area contributed by atoms with Crippen LogP contribution in [0.3, 0.4) is 0 Å². The number of halogens is 3. The summed E-state index contributed by atoms with van der Waals surface area (Å²) in [6.07, 6.45) is -3.34. The van der Waals surface area contributed by atoms with Crippen LogP contribution in [0.4, 0.5) is 24.5 Å². The maximum atomic E-state index is 12.9. The van der Waals surface area contributed by atoms with Crippen molar-refractivity contribution < 1.29 is 37.2 Å². The summed E-state index contributed by atoms with van der Waals surface area (Å²) < 4.78 is 44.2. The number of carbonyl (C=O) groups excluding carboxylic acids is 2. The number of ketones is 1. The number of aliphatic hydroxyl groups is 1. The van der Waals surface area contributed by atoms with E-state index in [9.17, 15) is 38.0 Å². The summed E-state index contributed by atoms with van der Waals surface area (Å²) in [7, 11) is 0. The quantitative estimate of drug-likeness (QED) is 0.197. The van der Waals surface area contributed by atoms with Gasteiger partial charge in [0.15, 0.2) is 0 Å². The number of aliphatic hydroxyl groups excluding tert-OH is 1. The number of alkyl halides is 3. The van der Waals surface area contributed by atoms with Gasteiger partial charge in [0.2, 0.25) is 0 Å². The van der Waals surface area contributed by atoms with Crippen molar-refractivity contribution in [2.45, 2.75) is 12.2 Å². The van der Waals surface area contributed by atoms with Gasteiger partial charge >= 0.3 is 6.18 Å². The molecule has 0 spiro atoms. The molecule has 2 aromatic carbocycles. The van der Waals surface area contributed by atoms with Crippen LogP contribution in [0.1, 0.15) is 22.9 Å². The normalized spacial score (nSPS) is 18.0. The molecule has 0 aliphatic carbocycles. The van der Waals surface area contributed by atoms with Gasteiger partial charge in [-0.1, -0.05) is 12.1 Å². The lowest BCUT2D eigenvalue weighted by Crippen LogP contribution is -2.29. The third-order valence-corrected chi connectivity index (χ3v) is 5.06. The van der Waals surface area contributed by atoms with Gasteiger partial charge in [0.05, 0.1) is 22.3 Å². The van der Waals surface area contributed by atoms with Crippen molar-refractivity contribution in [3.8, 4) is 0 Å². The molecular weight excluding hydrogens is 445 g/mol. The van der Waals surface area contributed by atoms with E-state index in [1.54, 1.807) is 0 Å². The van der Waals surface area contributed by atoms with E-state index in [0.717, 1.165) is 35.2 Å². The number of nitro groups is 1. The minimum absolute atomic E-state index is 0.0374. The fraction of sp³-hybridized carbons (Fsp3) is 0.0909. The van der Waals surface area contributed by atoms with Crippen molar-refractivity contribution in [3.63, 3.8) is 0 Å². The molecule has 1 atom stereocenters. The molecule has 3 aromatic rings. The highest BCUT2D eigenvalue weighted by Gasteiger charge is 2.48. The Morgan fingerprint density at radius 3 is 2.33 bits per heavy atom. The van der Waals surface area contributed by atoms with Crippen LogP contribution in [0, 0.1) is 10.1 Å². The van der Waals surface area contributed by atoms with Gasteiger partial charge in [0, 0.05) is 23.4 Å². The molecule has 4 rings (SSSR count). The molecule has 0 saturated carbocycles. The smallest absolute Gasteiger partial charge is 0.416 e. The molecule has 33 heavy (non-hydrogen) atoms. The number of carbonyl (C=O) groups is 2. The fourth-order valence-electron chi connectivity index (χ4n) is 3.55. The Bertz CT molecular complexity index is 1280. The van der Waals surface area contributed by atoms with Gasteiger partial charge in [-0.15, -0.1) is 0 Å². The maximum absolute atomic E-state index is 12.9. The van der Waals surface area contributed by atoms with Gasteiger partial charge in [-0.2, -0.15) is 13.2 Å². The highest BCUT2D eigenvalue weighted by Crippen LogP contribution is 2.43. The second-order valence-electron chi connectivity index (χ2n) is 7.04. The van der Waals surface area contributed by atoms with Gasteiger partial charge < -0.3 is 9.52 Å². The van der Waals surface area contributed by atoms with Gasteiger partial charge in [-0.05, 0) is 36.4 Å². The number of benzene rings is 2. The number of amides is 1. The average Bonchev–Trinajstić information content (AvgIpc) is 3.40. The SMILES string of the molecule is O=C1C(=O)N(c2ccc(C(F)(F)F)cc2)C(c2ccco2)/C1=C(/O)c1cccc([N+](=O)[O-])c1. The van der Waals surface area contributed by atoms with Crippen LogP contribution in [-0.4, -0.2) is 21.7 Å². The van der Waals surface area contributed by atoms with Crippen molar-refractivity contribution in [3.05, 3.63) is 99.5 Å². The lowest BCUT2D eigenvalue weighted by Gasteiger charge is -2.23. The van der Waals surface area contributed by atoms with Gasteiger partial charge in [-0.25, -0.2) is 0 Å². The van der Waals surface area contributed by atoms with Crippen molar-refractivity contribution in [2.75, 3.05) is 4.90 Å². The number of hydrogen-bond acceptors (Lipinski definition) is 6. The molecule has 1 aromatic heterocycles. The molecule has 1 amide bonds. The highest BCUT2D eigenvalue weighted by atomic mass is 19.4. The number of anilines is 1. The largest absolute Gasteiger partial charge is 0.507 e. The molecule has 1 N–H and O–H groups in total. The molecule has 168 valence electrons. The first-order valence-corrected chi connectivity index (χ1v) is 9.36. The van der Waals surface area contributed by atoms with Crippen LogP contribution < -0.4 is 4.90 Å². The first-order chi connectivity index (χ1) is 15.6. The van der Waals surface area contributed by atoms with Gasteiger partial charge in [0.25, 0.3) is 17.4 Å². The number of nitrogens with zero attached hydrogens (tertiary/aromatic N) is 2. The third kappa shape index (κ3) is 3.84. The van der Waals surface area contributed by atoms with Crippen LogP contribution in [0.5, 0.6) is 0 Å². The number of Topliss-reactive ketones (excluding diaryl/α,β-unsaturated/α-hetero) is 1. The van der Waals surface area contributed by atoms with Gasteiger partial charge in [0.1, 0.15) is 17.6 Å². The van der Waals surface area contributed by atoms with E-state index < -0.39 is 45.7 Å². The number of nitro benzene ring substituents is 1. The molecule has 1 fully saturated rings. The summed E-state index contributed by atoms with van der Waals surface area (Å²) in [5.41, 5.74) is -1.86. The standard InChI is InChI=1S/C22H13F3N2O6/c23-22(24,25)13-6-8-14(9-7-13)26-18(16-5-2-10-33-16)17(20(29)21(26)30)19(28)12-3-1-4-15(11-12)27(31)32/h1-11,18,28H/b19-17-. The van der Waals surface area contributed by atoms with Crippen LogP contribution >= 0.6 is 0 Å². The topological polar surface area (TPSA) is 114 Å². The number of hydrogen-bond donors (Lipinski definition) is 1. The van der Waals surface area contributed by atoms with Crippen LogP contribution in [0.15, 0.2) is 76.9 Å². The summed E-state index contributed by atoms with van der Waals surface area (Å²) in [5, 5.41) is 21.9. The van der Waals surface area contributed by atoms with Crippen LogP contribution in [0.25, 0.3) is 5.76 Å². The molecule has 1 unspecified atom stereocenters. The Morgan fingerprint density at radius 1 is 1.06 bits per heavy atom. The lowest BCUT2D eigenvalue weighted by atomic mass is 9.99. The summed E-state index contributed by atoms with van der Waals surface area (Å²) in [5.74, 6) is -2.86. The van der Waals surface area contributed by atoms with E-state index in [4.69, 9.17) is 4.42 Å². The van der Waals surface area contributed by atoms with E-state index >= 15 is 0 Å². The Labute approximate surface area is 183 Å². The number of non-ortho nitro benzene ring substituents is 1. The highest BCUT2D eigenvalue weighted by molar-refractivity contribution is 6.51. The van der Waals surface area contributed by atoms with Gasteiger partial charge in [-0.3, -0.25) is 24.6 Å². The summed E-state index contributed by atoms with van der Waals surface area (Å²) >= 11 is 0. The number of rotatable bonds is 4. The zero-order valence-corrected chi connectivity index (χ0v) is 16.4. The van der Waals surface area contributed by atoms with E-state index in [2.05, 4.69) is 0 Å². The monoisotopic (exact) mass is 458 g/mol. The fourth-order valence-corrected chi connectivity index (χ4v) is 3.55. The van der Waals surface area contributed by atoms with Crippen molar-refractivity contribution >= 4 is 28.8 Å². The summed E-state index contributed by atoms with van der Waals surface area (Å²) in [4.78, 5) is 37.1. The molecule has 0 radical (unpaired) electrons. The second kappa shape index (κ2) is 7.93. The molecular formula is C22H13F3N2O6. The second-order valence-corrected chi connectivity index (χ2v) is 7.04. The Kier molecular flexibility index (Phi) is 5.24. The van der Waals surface area contributed by atoms with E-state index in [1.807, 2.05) is 0 Å².